The second kappa shape index (κ2) is 4.89. The Kier molecular flexibility index (Phi) is 3.28. The maximum atomic E-state index is 11.2. The van der Waals surface area contributed by atoms with E-state index in [9.17, 15) is 9.59 Å². The van der Waals surface area contributed by atoms with E-state index in [4.69, 9.17) is 10.8 Å². The lowest BCUT2D eigenvalue weighted by Gasteiger charge is -2.15. The summed E-state index contributed by atoms with van der Waals surface area (Å²) in [6.07, 6.45) is 0. The minimum absolute atomic E-state index is 0.240. The van der Waals surface area contributed by atoms with Crippen LogP contribution in [0.2, 0.25) is 0 Å². The lowest BCUT2D eigenvalue weighted by Crippen LogP contribution is -2.33. The number of amides is 1. The number of benzene rings is 1. The predicted molar refractivity (Wildman–Crippen MR) is 68.8 cm³/mol. The molecule has 0 spiro atoms. The number of primary amides is 1. The highest BCUT2D eigenvalue weighted by molar-refractivity contribution is 6.03. The Labute approximate surface area is 108 Å². The molecule has 0 saturated heterocycles. The summed E-state index contributed by atoms with van der Waals surface area (Å²) in [6, 6.07) is 6.19. The summed E-state index contributed by atoms with van der Waals surface area (Å²) in [6.45, 7) is 1.54. The van der Waals surface area contributed by atoms with Crippen LogP contribution in [0.4, 0.5) is 5.69 Å². The number of carboxylic acid groups (broad SMARTS) is 1. The van der Waals surface area contributed by atoms with Gasteiger partial charge in [-0.3, -0.25) is 4.79 Å². The quantitative estimate of drug-likeness (QED) is 0.741. The van der Waals surface area contributed by atoms with E-state index < -0.39 is 17.9 Å². The van der Waals surface area contributed by atoms with Gasteiger partial charge >= 0.3 is 5.97 Å². The Morgan fingerprint density at radius 3 is 2.63 bits per heavy atom. The first kappa shape index (κ1) is 12.7. The van der Waals surface area contributed by atoms with Gasteiger partial charge < -0.3 is 16.2 Å². The van der Waals surface area contributed by atoms with Crippen LogP contribution in [0.1, 0.15) is 17.4 Å². The van der Waals surface area contributed by atoms with Crippen molar-refractivity contribution in [3.05, 3.63) is 30.0 Å². The number of carbonyl (C=O) groups is 2. The Bertz CT molecular complexity index is 656. The van der Waals surface area contributed by atoms with Gasteiger partial charge in [-0.2, -0.15) is 0 Å². The van der Waals surface area contributed by atoms with Gasteiger partial charge in [0.1, 0.15) is 6.04 Å². The molecule has 98 valence electrons. The normalized spacial score (nSPS) is 12.1. The van der Waals surface area contributed by atoms with Gasteiger partial charge in [0.2, 0.25) is 5.91 Å². The molecule has 7 heteroatoms. The van der Waals surface area contributed by atoms with Crippen LogP contribution >= 0.6 is 0 Å². The molecule has 19 heavy (non-hydrogen) atoms. The van der Waals surface area contributed by atoms with Gasteiger partial charge in [0, 0.05) is 5.39 Å². The van der Waals surface area contributed by atoms with Crippen LogP contribution in [-0.4, -0.2) is 33.2 Å². The lowest BCUT2D eigenvalue weighted by atomic mass is 10.1. The molecule has 4 N–H and O–H groups in total. The molecule has 0 aliphatic carbocycles. The highest BCUT2D eigenvalue weighted by Crippen LogP contribution is 2.24. The van der Waals surface area contributed by atoms with Crippen molar-refractivity contribution in [3.63, 3.8) is 0 Å². The Morgan fingerprint density at radius 1 is 1.32 bits per heavy atom. The molecule has 1 aromatic heterocycles. The Hall–Kier alpha value is -2.70. The Morgan fingerprint density at radius 2 is 2.00 bits per heavy atom. The molecule has 1 unspecified atom stereocenters. The fourth-order valence-corrected chi connectivity index (χ4v) is 1.64. The van der Waals surface area contributed by atoms with Crippen LogP contribution in [0.5, 0.6) is 0 Å². The number of carbonyl (C=O) groups excluding carboxylic acids is 1. The van der Waals surface area contributed by atoms with Gasteiger partial charge in [0.25, 0.3) is 0 Å². The van der Waals surface area contributed by atoms with Crippen molar-refractivity contribution in [2.24, 2.45) is 5.73 Å². The first-order valence-corrected chi connectivity index (χ1v) is 5.55. The molecule has 2 rings (SSSR count). The number of rotatable bonds is 4. The number of anilines is 1. The molecule has 7 nitrogen and oxygen atoms in total. The number of fused-ring (bicyclic) bond motifs is 1. The maximum Gasteiger partial charge on any atom is 0.358 e. The average Bonchev–Trinajstić information content (AvgIpc) is 2.38. The zero-order valence-electron chi connectivity index (χ0n) is 10.1. The summed E-state index contributed by atoms with van der Waals surface area (Å²) in [5.74, 6) is -1.81. The average molecular weight is 260 g/mol. The molecule has 0 aliphatic heterocycles. The monoisotopic (exact) mass is 260 g/mol. The minimum Gasteiger partial charge on any atom is -0.476 e. The fraction of sp³-hybridized carbons (Fsp3) is 0.167. The van der Waals surface area contributed by atoms with E-state index in [-0.39, 0.29) is 11.4 Å². The van der Waals surface area contributed by atoms with E-state index in [0.717, 1.165) is 0 Å². The largest absolute Gasteiger partial charge is 0.476 e. The Balaban J connectivity index is 2.62. The third-order valence-electron chi connectivity index (χ3n) is 2.66. The minimum atomic E-state index is -1.22. The molecule has 1 aromatic carbocycles. The van der Waals surface area contributed by atoms with Gasteiger partial charge in [-0.15, -0.1) is 10.2 Å². The number of nitrogens with zero attached hydrogens (tertiary/aromatic N) is 2. The van der Waals surface area contributed by atoms with Crippen LogP contribution in [0, 0.1) is 0 Å². The number of carboxylic acids is 1. The van der Waals surface area contributed by atoms with Crippen LogP contribution in [-0.2, 0) is 4.79 Å². The molecule has 0 fully saturated rings. The van der Waals surface area contributed by atoms with E-state index in [2.05, 4.69) is 15.5 Å². The first-order chi connectivity index (χ1) is 9.00. The molecule has 1 heterocycles. The summed E-state index contributed by atoms with van der Waals surface area (Å²) < 4.78 is 0. The van der Waals surface area contributed by atoms with E-state index >= 15 is 0 Å². The number of hydrogen-bond acceptors (Lipinski definition) is 5. The van der Waals surface area contributed by atoms with Gasteiger partial charge in [-0.05, 0) is 13.0 Å². The van der Waals surface area contributed by atoms with Crippen LogP contribution in [0.15, 0.2) is 24.3 Å². The van der Waals surface area contributed by atoms with Crippen LogP contribution in [0.3, 0.4) is 0 Å². The summed E-state index contributed by atoms with van der Waals surface area (Å²) in [4.78, 5) is 22.3. The summed E-state index contributed by atoms with van der Waals surface area (Å²) in [5.41, 5.74) is 5.70. The molecule has 0 saturated carbocycles. The van der Waals surface area contributed by atoms with Crippen LogP contribution < -0.4 is 11.1 Å². The lowest BCUT2D eigenvalue weighted by molar-refractivity contribution is -0.118. The highest BCUT2D eigenvalue weighted by Gasteiger charge is 2.19. The van der Waals surface area contributed by atoms with Crippen molar-refractivity contribution >= 4 is 28.5 Å². The fourth-order valence-electron chi connectivity index (χ4n) is 1.64. The molecule has 0 bridgehead atoms. The number of hydrogen-bond donors (Lipinski definition) is 3. The van der Waals surface area contributed by atoms with Gasteiger partial charge in [0.15, 0.2) is 5.69 Å². The zero-order chi connectivity index (χ0) is 14.0. The van der Waals surface area contributed by atoms with E-state index in [0.29, 0.717) is 10.9 Å². The molecule has 1 atom stereocenters. The van der Waals surface area contributed by atoms with E-state index in [1.807, 2.05) is 0 Å². The third kappa shape index (κ3) is 2.44. The summed E-state index contributed by atoms with van der Waals surface area (Å²) in [7, 11) is 0. The molecule has 1 amide bonds. The number of aromatic carboxylic acids is 1. The van der Waals surface area contributed by atoms with Crippen molar-refractivity contribution in [1.29, 1.82) is 0 Å². The predicted octanol–water partition coefficient (Wildman–Crippen LogP) is 0.614. The molecule has 0 aliphatic rings. The van der Waals surface area contributed by atoms with Crippen molar-refractivity contribution in [1.82, 2.24) is 10.2 Å². The second-order valence-corrected chi connectivity index (χ2v) is 4.01. The second-order valence-electron chi connectivity index (χ2n) is 4.01. The van der Waals surface area contributed by atoms with Crippen molar-refractivity contribution in [2.75, 3.05) is 5.32 Å². The molecule has 2 aromatic rings. The zero-order valence-corrected chi connectivity index (χ0v) is 10.1. The summed E-state index contributed by atoms with van der Waals surface area (Å²) in [5, 5.41) is 19.9. The van der Waals surface area contributed by atoms with Gasteiger partial charge in [0.05, 0.1) is 11.2 Å². The number of aromatic nitrogens is 2. The molecular weight excluding hydrogens is 248 g/mol. The van der Waals surface area contributed by atoms with E-state index in [1.165, 1.54) is 0 Å². The van der Waals surface area contributed by atoms with Crippen molar-refractivity contribution < 1.29 is 14.7 Å². The van der Waals surface area contributed by atoms with Crippen molar-refractivity contribution in [3.8, 4) is 0 Å². The summed E-state index contributed by atoms with van der Waals surface area (Å²) >= 11 is 0. The SMILES string of the molecule is CC(Nc1c(C(=O)O)nnc2ccccc12)C(N)=O. The maximum absolute atomic E-state index is 11.2. The number of nitrogens with one attached hydrogen (secondary N) is 1. The smallest absolute Gasteiger partial charge is 0.358 e. The van der Waals surface area contributed by atoms with Crippen molar-refractivity contribution in [2.45, 2.75) is 13.0 Å². The highest BCUT2D eigenvalue weighted by atomic mass is 16.4. The number of nitrogens with two attached hydrogens (primary N) is 1. The third-order valence-corrected chi connectivity index (χ3v) is 2.66. The van der Waals surface area contributed by atoms with Crippen LogP contribution in [0.25, 0.3) is 10.9 Å². The van der Waals surface area contributed by atoms with Gasteiger partial charge in [-0.25, -0.2) is 4.79 Å². The molecular formula is C12H12N4O3. The first-order valence-electron chi connectivity index (χ1n) is 5.55. The van der Waals surface area contributed by atoms with Gasteiger partial charge in [-0.1, -0.05) is 18.2 Å². The van der Waals surface area contributed by atoms with E-state index in [1.54, 1.807) is 31.2 Å². The topological polar surface area (TPSA) is 118 Å². The standard InChI is InChI=1S/C12H12N4O3/c1-6(11(13)17)14-9-7-4-2-3-5-8(7)15-16-10(9)12(18)19/h2-6H,1H3,(H2,13,17)(H,14,15)(H,18,19). The molecule has 0 radical (unpaired) electrons.